The Morgan fingerprint density at radius 3 is 2.36 bits per heavy atom. The third kappa shape index (κ3) is 2.82. The number of aliphatic hydroxyl groups excluding tert-OH is 1. The summed E-state index contributed by atoms with van der Waals surface area (Å²) in [6, 6.07) is 12.9. The first kappa shape index (κ1) is 19.0. The van der Waals surface area contributed by atoms with Crippen LogP contribution in [-0.2, 0) is 12.8 Å². The molecule has 8 heteroatoms. The van der Waals surface area contributed by atoms with Gasteiger partial charge in [-0.1, -0.05) is 32.0 Å². The number of hydrogen-bond donors (Lipinski definition) is 1. The topological polar surface area (TPSA) is 42.5 Å². The molecule has 0 aliphatic heterocycles. The number of aliphatic hydroxyl groups is 1. The lowest BCUT2D eigenvalue weighted by Crippen LogP contribution is -2.10. The molecule has 0 atom stereocenters. The second kappa shape index (κ2) is 6.63. The molecule has 1 N–H and O–H groups in total. The van der Waals surface area contributed by atoms with Crippen LogP contribution in [0.15, 0.2) is 46.9 Å². The van der Waals surface area contributed by atoms with E-state index in [-0.39, 0.29) is 11.5 Å². The average Bonchev–Trinajstić information content (AvgIpc) is 3.16. The van der Waals surface area contributed by atoms with Crippen molar-refractivity contribution in [2.75, 3.05) is 0 Å². The number of alkyl halides is 3. The first-order valence-electron chi connectivity index (χ1n) is 8.72. The van der Waals surface area contributed by atoms with Crippen LogP contribution in [0.2, 0.25) is 0 Å². The molecule has 0 unspecified atom stereocenters. The summed E-state index contributed by atoms with van der Waals surface area (Å²) in [5.74, 6) is 0.423. The van der Waals surface area contributed by atoms with E-state index >= 15 is 0 Å². The highest BCUT2D eigenvalue weighted by molar-refractivity contribution is 9.10. The fourth-order valence-electron chi connectivity index (χ4n) is 3.47. The summed E-state index contributed by atoms with van der Waals surface area (Å²) in [7, 11) is 0. The van der Waals surface area contributed by atoms with Crippen molar-refractivity contribution in [1.29, 1.82) is 0 Å². The van der Waals surface area contributed by atoms with E-state index in [0.717, 1.165) is 10.0 Å². The smallest absolute Gasteiger partial charge is 0.390 e. The third-order valence-corrected chi connectivity index (χ3v) is 5.45. The molecule has 0 fully saturated rings. The number of fused-ring (bicyclic) bond motifs is 3. The molecule has 0 bridgehead atoms. The Morgan fingerprint density at radius 2 is 1.79 bits per heavy atom. The average molecular weight is 452 g/mol. The Kier molecular flexibility index (Phi) is 4.50. The van der Waals surface area contributed by atoms with Gasteiger partial charge >= 0.3 is 6.18 Å². The summed E-state index contributed by atoms with van der Waals surface area (Å²) in [5.41, 5.74) is 1.69. The van der Waals surface area contributed by atoms with Gasteiger partial charge in [-0.2, -0.15) is 13.2 Å². The monoisotopic (exact) mass is 451 g/mol. The van der Waals surface area contributed by atoms with Gasteiger partial charge in [-0.05, 0) is 51.7 Å². The van der Waals surface area contributed by atoms with Crippen LogP contribution in [0.25, 0.3) is 22.5 Å². The summed E-state index contributed by atoms with van der Waals surface area (Å²) >= 11 is 3.56. The van der Waals surface area contributed by atoms with Gasteiger partial charge in [0, 0.05) is 4.47 Å². The highest BCUT2D eigenvalue weighted by Gasteiger charge is 2.39. The molecule has 28 heavy (non-hydrogen) atoms. The maximum absolute atomic E-state index is 13.5. The maximum Gasteiger partial charge on any atom is 0.435 e. The summed E-state index contributed by atoms with van der Waals surface area (Å²) in [5, 5.41) is 9.68. The summed E-state index contributed by atoms with van der Waals surface area (Å²) in [6.45, 7) is 3.38. The van der Waals surface area contributed by atoms with E-state index in [1.807, 2.05) is 30.3 Å². The van der Waals surface area contributed by atoms with Crippen LogP contribution in [0.1, 0.15) is 36.7 Å². The molecular formula is C20H17BrF3N3O. The van der Waals surface area contributed by atoms with Crippen molar-refractivity contribution < 1.29 is 18.3 Å². The summed E-state index contributed by atoms with van der Waals surface area (Å²) in [4.78, 5) is 3.89. The minimum absolute atomic E-state index is 0.107. The van der Waals surface area contributed by atoms with Crippen LogP contribution in [0, 0.1) is 0 Å². The van der Waals surface area contributed by atoms with Gasteiger partial charge in [0.25, 0.3) is 0 Å². The van der Waals surface area contributed by atoms with E-state index in [0.29, 0.717) is 22.6 Å². The molecule has 0 saturated heterocycles. The van der Waals surface area contributed by atoms with Crippen molar-refractivity contribution >= 4 is 32.7 Å². The molecule has 0 amide bonds. The number of benzene rings is 2. The van der Waals surface area contributed by atoms with Crippen LogP contribution >= 0.6 is 15.9 Å². The van der Waals surface area contributed by atoms with Crippen molar-refractivity contribution in [2.24, 2.45) is 0 Å². The fourth-order valence-corrected chi connectivity index (χ4v) is 4.04. The minimum Gasteiger partial charge on any atom is -0.390 e. The van der Waals surface area contributed by atoms with Crippen LogP contribution in [0.5, 0.6) is 0 Å². The standard InChI is InChI=1S/C20H17BrF3N3O/c1-11(2)12-7-8-14(13(21)9-12)26-15-5-3-4-6-16(15)27-17(10-28)18(20(22,23)24)25-19(26)27/h3-9,11,28H,10H2,1-2H3. The Labute approximate surface area is 167 Å². The first-order valence-corrected chi connectivity index (χ1v) is 9.52. The van der Waals surface area contributed by atoms with Gasteiger partial charge in [-0.3, -0.25) is 8.97 Å². The van der Waals surface area contributed by atoms with E-state index in [1.165, 1.54) is 4.40 Å². The van der Waals surface area contributed by atoms with Gasteiger partial charge in [0.05, 0.1) is 29.0 Å². The molecule has 0 saturated carbocycles. The molecule has 0 aliphatic carbocycles. The molecular weight excluding hydrogens is 435 g/mol. The van der Waals surface area contributed by atoms with Crippen molar-refractivity contribution in [3.63, 3.8) is 0 Å². The van der Waals surface area contributed by atoms with E-state index in [4.69, 9.17) is 0 Å². The molecule has 4 rings (SSSR count). The molecule has 2 heterocycles. The molecule has 0 radical (unpaired) electrons. The summed E-state index contributed by atoms with van der Waals surface area (Å²) < 4.78 is 44.3. The van der Waals surface area contributed by atoms with Crippen molar-refractivity contribution in [3.05, 3.63) is 63.9 Å². The van der Waals surface area contributed by atoms with E-state index < -0.39 is 18.5 Å². The highest BCUT2D eigenvalue weighted by atomic mass is 79.9. The van der Waals surface area contributed by atoms with Gasteiger partial charge in [-0.15, -0.1) is 0 Å². The number of aromatic nitrogens is 3. The van der Waals surface area contributed by atoms with Crippen LogP contribution in [-0.4, -0.2) is 19.1 Å². The van der Waals surface area contributed by atoms with Crippen LogP contribution in [0.3, 0.4) is 0 Å². The number of rotatable bonds is 3. The molecule has 146 valence electrons. The Hall–Kier alpha value is -2.32. The lowest BCUT2D eigenvalue weighted by atomic mass is 10.0. The zero-order valence-electron chi connectivity index (χ0n) is 15.1. The Balaban J connectivity index is 2.12. The minimum atomic E-state index is -4.66. The second-order valence-corrected chi connectivity index (χ2v) is 7.74. The molecule has 2 aromatic heterocycles. The highest BCUT2D eigenvalue weighted by Crippen LogP contribution is 2.37. The van der Waals surface area contributed by atoms with E-state index in [2.05, 4.69) is 34.8 Å². The van der Waals surface area contributed by atoms with Gasteiger partial charge in [-0.25, -0.2) is 4.98 Å². The van der Waals surface area contributed by atoms with Crippen molar-refractivity contribution in [3.8, 4) is 5.69 Å². The predicted octanol–water partition coefficient (Wildman–Crippen LogP) is 5.68. The maximum atomic E-state index is 13.5. The molecule has 2 aromatic carbocycles. The zero-order valence-corrected chi connectivity index (χ0v) is 16.7. The van der Waals surface area contributed by atoms with Gasteiger partial charge in [0.15, 0.2) is 5.69 Å². The number of hydrogen-bond acceptors (Lipinski definition) is 2. The number of nitrogens with zero attached hydrogens (tertiary/aromatic N) is 3. The molecule has 0 aliphatic rings. The first-order chi connectivity index (χ1) is 13.2. The van der Waals surface area contributed by atoms with Crippen molar-refractivity contribution in [1.82, 2.24) is 14.0 Å². The fraction of sp³-hybridized carbons (Fsp3) is 0.250. The van der Waals surface area contributed by atoms with Crippen LogP contribution < -0.4 is 0 Å². The van der Waals surface area contributed by atoms with Crippen molar-refractivity contribution in [2.45, 2.75) is 32.5 Å². The SMILES string of the molecule is CC(C)c1ccc(-n2c3ccccc3n3c(CO)c(C(F)(F)F)nc23)c(Br)c1. The predicted molar refractivity (Wildman–Crippen MR) is 105 cm³/mol. The van der Waals surface area contributed by atoms with E-state index in [9.17, 15) is 18.3 Å². The van der Waals surface area contributed by atoms with Gasteiger partial charge < -0.3 is 5.11 Å². The molecule has 0 spiro atoms. The van der Waals surface area contributed by atoms with Gasteiger partial charge in [0.2, 0.25) is 5.78 Å². The number of para-hydroxylation sites is 2. The Bertz CT molecular complexity index is 1190. The Morgan fingerprint density at radius 1 is 1.11 bits per heavy atom. The van der Waals surface area contributed by atoms with Gasteiger partial charge in [0.1, 0.15) is 0 Å². The van der Waals surface area contributed by atoms with E-state index in [1.54, 1.807) is 16.7 Å². The quantitative estimate of drug-likeness (QED) is 0.435. The zero-order chi connectivity index (χ0) is 20.2. The van der Waals surface area contributed by atoms with Crippen LogP contribution in [0.4, 0.5) is 13.2 Å². The second-order valence-electron chi connectivity index (χ2n) is 6.89. The molecule has 4 nitrogen and oxygen atoms in total. The number of halogens is 4. The number of imidazole rings is 2. The normalized spacial score (nSPS) is 12.6. The third-order valence-electron chi connectivity index (χ3n) is 4.82. The lowest BCUT2D eigenvalue weighted by molar-refractivity contribution is -0.142. The lowest BCUT2D eigenvalue weighted by Gasteiger charge is -2.12. The molecule has 4 aromatic rings. The summed E-state index contributed by atoms with van der Waals surface area (Å²) in [6.07, 6.45) is -4.66. The largest absolute Gasteiger partial charge is 0.435 e.